The van der Waals surface area contributed by atoms with Crippen LogP contribution in [-0.4, -0.2) is 15.3 Å². The lowest BCUT2D eigenvalue weighted by Crippen LogP contribution is -2.08. The Bertz CT molecular complexity index is 797. The fourth-order valence-electron chi connectivity index (χ4n) is 2.22. The number of fused-ring (bicyclic) bond motifs is 1. The van der Waals surface area contributed by atoms with Gasteiger partial charge in [0.1, 0.15) is 0 Å². The third kappa shape index (κ3) is 1.93. The molecule has 0 saturated carbocycles. The van der Waals surface area contributed by atoms with E-state index in [0.29, 0.717) is 11.4 Å². The molecule has 3 heteroatoms. The standard InChI is InChI=1S/C17H14N2O/c1-3-19-15-7-5-4-6-14(15)18-17(19)16(20)13-10-8-12(2)9-11-13/h3-11H,1H2,2H3. The summed E-state index contributed by atoms with van der Waals surface area (Å²) in [7, 11) is 0. The maximum absolute atomic E-state index is 12.6. The normalized spacial score (nSPS) is 10.7. The van der Waals surface area contributed by atoms with Crippen LogP contribution in [0.2, 0.25) is 0 Å². The average Bonchev–Trinajstić information content (AvgIpc) is 2.85. The molecule has 3 rings (SSSR count). The second-order valence-electron chi connectivity index (χ2n) is 4.67. The summed E-state index contributed by atoms with van der Waals surface area (Å²) in [5, 5.41) is 0. The number of benzene rings is 2. The fourth-order valence-corrected chi connectivity index (χ4v) is 2.22. The largest absolute Gasteiger partial charge is 0.297 e. The number of aromatic nitrogens is 2. The molecule has 0 aliphatic carbocycles. The van der Waals surface area contributed by atoms with E-state index in [4.69, 9.17) is 0 Å². The molecule has 3 nitrogen and oxygen atoms in total. The van der Waals surface area contributed by atoms with Gasteiger partial charge in [0, 0.05) is 11.8 Å². The van der Waals surface area contributed by atoms with E-state index in [0.717, 1.165) is 16.6 Å². The van der Waals surface area contributed by atoms with Gasteiger partial charge in [-0.2, -0.15) is 0 Å². The van der Waals surface area contributed by atoms with E-state index in [1.54, 1.807) is 10.8 Å². The number of nitrogens with zero attached hydrogens (tertiary/aromatic N) is 2. The number of aryl methyl sites for hydroxylation is 1. The van der Waals surface area contributed by atoms with E-state index in [1.165, 1.54) is 0 Å². The van der Waals surface area contributed by atoms with E-state index in [9.17, 15) is 4.79 Å². The Labute approximate surface area is 117 Å². The van der Waals surface area contributed by atoms with Crippen molar-refractivity contribution in [2.45, 2.75) is 6.92 Å². The smallest absolute Gasteiger partial charge is 0.228 e. The molecule has 0 amide bonds. The molecule has 0 fully saturated rings. The molecule has 0 atom stereocenters. The Balaban J connectivity index is 2.16. The summed E-state index contributed by atoms with van der Waals surface area (Å²) in [6, 6.07) is 15.1. The highest BCUT2D eigenvalue weighted by Gasteiger charge is 2.17. The van der Waals surface area contributed by atoms with Crippen molar-refractivity contribution < 1.29 is 4.79 Å². The minimum Gasteiger partial charge on any atom is -0.297 e. The first-order valence-corrected chi connectivity index (χ1v) is 6.41. The number of para-hydroxylation sites is 2. The van der Waals surface area contributed by atoms with Crippen molar-refractivity contribution in [2.75, 3.05) is 0 Å². The molecule has 0 aliphatic heterocycles. The summed E-state index contributed by atoms with van der Waals surface area (Å²) in [4.78, 5) is 17.0. The van der Waals surface area contributed by atoms with E-state index in [-0.39, 0.29) is 5.78 Å². The van der Waals surface area contributed by atoms with Crippen LogP contribution in [0.4, 0.5) is 0 Å². The second-order valence-corrected chi connectivity index (χ2v) is 4.67. The molecule has 0 unspecified atom stereocenters. The van der Waals surface area contributed by atoms with E-state index < -0.39 is 0 Å². The number of ketones is 1. The lowest BCUT2D eigenvalue weighted by molar-refractivity contribution is 0.102. The lowest BCUT2D eigenvalue weighted by Gasteiger charge is -2.03. The van der Waals surface area contributed by atoms with Crippen molar-refractivity contribution in [1.29, 1.82) is 0 Å². The van der Waals surface area contributed by atoms with Crippen LogP contribution < -0.4 is 0 Å². The molecule has 0 N–H and O–H groups in total. The SMILES string of the molecule is C=Cn1c(C(=O)c2ccc(C)cc2)nc2ccccc21. The van der Waals surface area contributed by atoms with Gasteiger partial charge >= 0.3 is 0 Å². The van der Waals surface area contributed by atoms with Crippen molar-refractivity contribution in [1.82, 2.24) is 9.55 Å². The van der Waals surface area contributed by atoms with Crippen LogP contribution in [0.25, 0.3) is 17.2 Å². The van der Waals surface area contributed by atoms with Crippen LogP contribution in [0.1, 0.15) is 21.7 Å². The Morgan fingerprint density at radius 3 is 2.55 bits per heavy atom. The van der Waals surface area contributed by atoms with Gasteiger partial charge in [-0.25, -0.2) is 4.98 Å². The minimum absolute atomic E-state index is 0.0962. The van der Waals surface area contributed by atoms with Crippen LogP contribution in [-0.2, 0) is 0 Å². The number of imidazole rings is 1. The van der Waals surface area contributed by atoms with Crippen molar-refractivity contribution in [3.05, 3.63) is 72.1 Å². The van der Waals surface area contributed by atoms with Crippen LogP contribution in [0, 0.1) is 6.92 Å². The number of hydrogen-bond donors (Lipinski definition) is 0. The fraction of sp³-hybridized carbons (Fsp3) is 0.0588. The quantitative estimate of drug-likeness (QED) is 0.675. The molecule has 1 aromatic heterocycles. The van der Waals surface area contributed by atoms with Crippen molar-refractivity contribution in [3.8, 4) is 0 Å². The lowest BCUT2D eigenvalue weighted by atomic mass is 10.1. The Morgan fingerprint density at radius 1 is 1.15 bits per heavy atom. The number of rotatable bonds is 3. The summed E-state index contributed by atoms with van der Waals surface area (Å²) >= 11 is 0. The van der Waals surface area contributed by atoms with Gasteiger partial charge in [-0.1, -0.05) is 48.5 Å². The van der Waals surface area contributed by atoms with E-state index in [2.05, 4.69) is 11.6 Å². The van der Waals surface area contributed by atoms with Crippen molar-refractivity contribution in [3.63, 3.8) is 0 Å². The Morgan fingerprint density at radius 2 is 1.85 bits per heavy atom. The zero-order chi connectivity index (χ0) is 14.1. The molecule has 1 heterocycles. The summed E-state index contributed by atoms with van der Waals surface area (Å²) in [5.74, 6) is 0.297. The third-order valence-corrected chi connectivity index (χ3v) is 3.30. The van der Waals surface area contributed by atoms with Crippen molar-refractivity contribution in [2.24, 2.45) is 0 Å². The van der Waals surface area contributed by atoms with Gasteiger partial charge < -0.3 is 0 Å². The topological polar surface area (TPSA) is 34.9 Å². The maximum atomic E-state index is 12.6. The number of carbonyl (C=O) groups excluding carboxylic acids is 1. The summed E-state index contributed by atoms with van der Waals surface area (Å²) in [6.07, 6.45) is 1.62. The van der Waals surface area contributed by atoms with Crippen LogP contribution in [0.3, 0.4) is 0 Å². The predicted molar refractivity (Wildman–Crippen MR) is 80.7 cm³/mol. The average molecular weight is 262 g/mol. The molecular weight excluding hydrogens is 248 g/mol. The molecule has 0 bridgehead atoms. The maximum Gasteiger partial charge on any atom is 0.228 e. The van der Waals surface area contributed by atoms with Gasteiger partial charge in [0.15, 0.2) is 5.82 Å². The van der Waals surface area contributed by atoms with Gasteiger partial charge in [0.25, 0.3) is 0 Å². The summed E-state index contributed by atoms with van der Waals surface area (Å²) in [6.45, 7) is 5.77. The van der Waals surface area contributed by atoms with Gasteiger partial charge in [0.2, 0.25) is 5.78 Å². The predicted octanol–water partition coefficient (Wildman–Crippen LogP) is 3.68. The van der Waals surface area contributed by atoms with E-state index >= 15 is 0 Å². The molecule has 0 saturated heterocycles. The molecular formula is C17H14N2O. The first-order chi connectivity index (χ1) is 9.70. The van der Waals surface area contributed by atoms with Gasteiger partial charge in [-0.3, -0.25) is 9.36 Å². The Hall–Kier alpha value is -2.68. The summed E-state index contributed by atoms with van der Waals surface area (Å²) < 4.78 is 1.73. The molecule has 0 aliphatic rings. The van der Waals surface area contributed by atoms with Crippen molar-refractivity contribution >= 4 is 23.0 Å². The molecule has 98 valence electrons. The highest BCUT2D eigenvalue weighted by molar-refractivity contribution is 6.08. The molecule has 20 heavy (non-hydrogen) atoms. The van der Waals surface area contributed by atoms with Crippen LogP contribution >= 0.6 is 0 Å². The molecule has 0 spiro atoms. The highest BCUT2D eigenvalue weighted by Crippen LogP contribution is 2.19. The zero-order valence-electron chi connectivity index (χ0n) is 11.2. The van der Waals surface area contributed by atoms with Crippen LogP contribution in [0.15, 0.2) is 55.1 Å². The summed E-state index contributed by atoms with van der Waals surface area (Å²) in [5.41, 5.74) is 3.44. The number of hydrogen-bond acceptors (Lipinski definition) is 2. The Kier molecular flexibility index (Phi) is 2.95. The molecule has 0 radical (unpaired) electrons. The molecule has 2 aromatic carbocycles. The van der Waals surface area contributed by atoms with Gasteiger partial charge in [-0.15, -0.1) is 0 Å². The first kappa shape index (κ1) is 12.4. The zero-order valence-corrected chi connectivity index (χ0v) is 11.2. The second kappa shape index (κ2) is 4.78. The number of carbonyl (C=O) groups is 1. The molecule has 3 aromatic rings. The first-order valence-electron chi connectivity index (χ1n) is 6.41. The monoisotopic (exact) mass is 262 g/mol. The van der Waals surface area contributed by atoms with E-state index in [1.807, 2.05) is 55.5 Å². The van der Waals surface area contributed by atoms with Gasteiger partial charge in [-0.05, 0) is 19.1 Å². The van der Waals surface area contributed by atoms with Gasteiger partial charge in [0.05, 0.1) is 11.0 Å². The highest BCUT2D eigenvalue weighted by atomic mass is 16.1. The minimum atomic E-state index is -0.0962. The third-order valence-electron chi connectivity index (χ3n) is 3.30. The van der Waals surface area contributed by atoms with Crippen LogP contribution in [0.5, 0.6) is 0 Å².